The van der Waals surface area contributed by atoms with Crippen LogP contribution < -0.4 is 5.32 Å². The van der Waals surface area contributed by atoms with E-state index in [0.29, 0.717) is 24.3 Å². The molecule has 0 radical (unpaired) electrons. The van der Waals surface area contributed by atoms with Gasteiger partial charge in [-0.3, -0.25) is 10.1 Å². The van der Waals surface area contributed by atoms with E-state index >= 15 is 0 Å². The maximum Gasteiger partial charge on any atom is 0.322 e. The summed E-state index contributed by atoms with van der Waals surface area (Å²) < 4.78 is 0. The summed E-state index contributed by atoms with van der Waals surface area (Å²) in [6, 6.07) is 4.39. The van der Waals surface area contributed by atoms with Crippen molar-refractivity contribution in [3.05, 3.63) is 46.0 Å². The van der Waals surface area contributed by atoms with Gasteiger partial charge in [-0.15, -0.1) is 0 Å². The predicted octanol–water partition coefficient (Wildman–Crippen LogP) is 2.31. The zero-order valence-corrected chi connectivity index (χ0v) is 9.92. The zero-order valence-electron chi connectivity index (χ0n) is 9.92. The molecule has 0 saturated heterocycles. The molecular weight excluding hydrogens is 234 g/mol. The van der Waals surface area contributed by atoms with Crippen LogP contribution in [0.5, 0.6) is 0 Å². The molecule has 0 fully saturated rings. The number of urea groups is 1. The lowest BCUT2D eigenvalue weighted by Gasteiger charge is -2.17. The summed E-state index contributed by atoms with van der Waals surface area (Å²) in [5.74, 6) is 0. The summed E-state index contributed by atoms with van der Waals surface area (Å²) in [6.07, 6.45) is 3.81. The molecule has 6 nitrogen and oxygen atoms in total. The molecular formula is C12H13N3O3. The van der Waals surface area contributed by atoms with E-state index in [-0.39, 0.29) is 11.7 Å². The molecule has 2 rings (SSSR count). The summed E-state index contributed by atoms with van der Waals surface area (Å²) >= 11 is 0. The van der Waals surface area contributed by atoms with Gasteiger partial charge in [0.15, 0.2) is 0 Å². The number of rotatable bonds is 2. The van der Waals surface area contributed by atoms with Gasteiger partial charge in [0.2, 0.25) is 0 Å². The Kier molecular flexibility index (Phi) is 3.27. The molecule has 0 bridgehead atoms. The third kappa shape index (κ3) is 2.32. The van der Waals surface area contributed by atoms with Crippen LogP contribution in [0, 0.1) is 17.0 Å². The number of nitro groups is 1. The average Bonchev–Trinajstić information content (AvgIpc) is 2.85. The van der Waals surface area contributed by atoms with Gasteiger partial charge in [0.05, 0.1) is 16.2 Å². The van der Waals surface area contributed by atoms with Gasteiger partial charge in [-0.25, -0.2) is 4.79 Å². The van der Waals surface area contributed by atoms with Gasteiger partial charge in [-0.2, -0.15) is 0 Å². The smallest absolute Gasteiger partial charge is 0.317 e. The molecule has 0 atom stereocenters. The van der Waals surface area contributed by atoms with Gasteiger partial charge in [-0.05, 0) is 13.0 Å². The van der Waals surface area contributed by atoms with Crippen molar-refractivity contribution in [3.8, 4) is 0 Å². The van der Waals surface area contributed by atoms with Crippen LogP contribution in [0.15, 0.2) is 30.4 Å². The SMILES string of the molecule is Cc1c(NC(=O)N2CC=CC2)cccc1[N+](=O)[O-]. The lowest BCUT2D eigenvalue weighted by molar-refractivity contribution is -0.385. The monoisotopic (exact) mass is 247 g/mol. The first-order chi connectivity index (χ1) is 8.59. The van der Waals surface area contributed by atoms with Gasteiger partial charge in [0.25, 0.3) is 5.69 Å². The summed E-state index contributed by atoms with van der Waals surface area (Å²) in [5, 5.41) is 13.5. The van der Waals surface area contributed by atoms with Gasteiger partial charge in [0.1, 0.15) is 0 Å². The number of carbonyl (C=O) groups excluding carboxylic acids is 1. The molecule has 94 valence electrons. The van der Waals surface area contributed by atoms with Gasteiger partial charge >= 0.3 is 6.03 Å². The van der Waals surface area contributed by atoms with Gasteiger partial charge in [-0.1, -0.05) is 18.2 Å². The molecule has 1 heterocycles. The Morgan fingerprint density at radius 1 is 1.39 bits per heavy atom. The van der Waals surface area contributed by atoms with Crippen molar-refractivity contribution in [2.75, 3.05) is 18.4 Å². The molecule has 0 spiro atoms. The fraction of sp³-hybridized carbons (Fsp3) is 0.250. The largest absolute Gasteiger partial charge is 0.322 e. The average molecular weight is 247 g/mol. The highest BCUT2D eigenvalue weighted by Crippen LogP contribution is 2.25. The third-order valence-electron chi connectivity index (χ3n) is 2.85. The Labute approximate surface area is 104 Å². The van der Waals surface area contributed by atoms with Crippen molar-refractivity contribution in [2.24, 2.45) is 0 Å². The maximum atomic E-state index is 11.9. The fourth-order valence-electron chi connectivity index (χ4n) is 1.79. The van der Waals surface area contributed by atoms with E-state index in [2.05, 4.69) is 5.32 Å². The van der Waals surface area contributed by atoms with Crippen LogP contribution in [0.3, 0.4) is 0 Å². The number of anilines is 1. The van der Waals surface area contributed by atoms with E-state index in [0.717, 1.165) is 0 Å². The van der Waals surface area contributed by atoms with E-state index in [9.17, 15) is 14.9 Å². The van der Waals surface area contributed by atoms with Crippen LogP contribution in [-0.2, 0) is 0 Å². The van der Waals surface area contributed by atoms with Crippen LogP contribution >= 0.6 is 0 Å². The second-order valence-corrected chi connectivity index (χ2v) is 4.01. The maximum absolute atomic E-state index is 11.9. The summed E-state index contributed by atoms with van der Waals surface area (Å²) in [7, 11) is 0. The number of amides is 2. The summed E-state index contributed by atoms with van der Waals surface area (Å²) in [6.45, 7) is 2.76. The number of nitrogens with zero attached hydrogens (tertiary/aromatic N) is 2. The van der Waals surface area contributed by atoms with Crippen LogP contribution in [0.2, 0.25) is 0 Å². The number of hydrogen-bond donors (Lipinski definition) is 1. The molecule has 2 amide bonds. The van der Waals surface area contributed by atoms with Crippen LogP contribution in [0.1, 0.15) is 5.56 Å². The third-order valence-corrected chi connectivity index (χ3v) is 2.85. The first-order valence-corrected chi connectivity index (χ1v) is 5.54. The van der Waals surface area contributed by atoms with E-state index in [1.54, 1.807) is 24.0 Å². The molecule has 0 aromatic heterocycles. The van der Waals surface area contributed by atoms with Crippen molar-refractivity contribution in [3.63, 3.8) is 0 Å². The number of benzene rings is 1. The van der Waals surface area contributed by atoms with Gasteiger partial charge < -0.3 is 10.2 Å². The quantitative estimate of drug-likeness (QED) is 0.495. The Morgan fingerprint density at radius 3 is 2.67 bits per heavy atom. The fourth-order valence-corrected chi connectivity index (χ4v) is 1.79. The second kappa shape index (κ2) is 4.87. The molecule has 1 aliphatic rings. The van der Waals surface area contributed by atoms with Crippen LogP contribution in [-0.4, -0.2) is 28.9 Å². The van der Waals surface area contributed by atoms with Crippen molar-refractivity contribution >= 4 is 17.4 Å². The Morgan fingerprint density at radius 2 is 2.06 bits per heavy atom. The van der Waals surface area contributed by atoms with Gasteiger partial charge in [0, 0.05) is 19.2 Å². The van der Waals surface area contributed by atoms with Crippen LogP contribution in [0.25, 0.3) is 0 Å². The standard InChI is InChI=1S/C12H13N3O3/c1-9-10(5-4-6-11(9)15(17)18)13-12(16)14-7-2-3-8-14/h2-6H,7-8H2,1H3,(H,13,16). The molecule has 6 heteroatoms. The number of hydrogen-bond acceptors (Lipinski definition) is 3. The lowest BCUT2D eigenvalue weighted by atomic mass is 10.1. The van der Waals surface area contributed by atoms with E-state index in [1.165, 1.54) is 6.07 Å². The molecule has 18 heavy (non-hydrogen) atoms. The van der Waals surface area contributed by atoms with Crippen molar-refractivity contribution in [2.45, 2.75) is 6.92 Å². The normalized spacial score (nSPS) is 13.7. The van der Waals surface area contributed by atoms with Crippen molar-refractivity contribution in [1.82, 2.24) is 4.90 Å². The highest BCUT2D eigenvalue weighted by Gasteiger charge is 2.18. The van der Waals surface area contributed by atoms with Crippen molar-refractivity contribution in [1.29, 1.82) is 0 Å². The number of nitro benzene ring substituents is 1. The molecule has 0 saturated carbocycles. The molecule has 1 aromatic rings. The summed E-state index contributed by atoms with van der Waals surface area (Å²) in [4.78, 5) is 23.8. The molecule has 0 unspecified atom stereocenters. The highest BCUT2D eigenvalue weighted by atomic mass is 16.6. The summed E-state index contributed by atoms with van der Waals surface area (Å²) in [5.41, 5.74) is 0.941. The first kappa shape index (κ1) is 12.1. The van der Waals surface area contributed by atoms with E-state index in [4.69, 9.17) is 0 Å². The van der Waals surface area contributed by atoms with Crippen molar-refractivity contribution < 1.29 is 9.72 Å². The minimum absolute atomic E-state index is 0.00680. The highest BCUT2D eigenvalue weighted by molar-refractivity contribution is 5.91. The Bertz CT molecular complexity index is 517. The topological polar surface area (TPSA) is 75.5 Å². The first-order valence-electron chi connectivity index (χ1n) is 5.54. The van der Waals surface area contributed by atoms with Crippen LogP contribution in [0.4, 0.5) is 16.2 Å². The minimum Gasteiger partial charge on any atom is -0.317 e. The molecule has 1 N–H and O–H groups in total. The molecule has 0 aliphatic carbocycles. The number of nitrogens with one attached hydrogen (secondary N) is 1. The lowest BCUT2D eigenvalue weighted by Crippen LogP contribution is -2.32. The minimum atomic E-state index is -0.456. The zero-order chi connectivity index (χ0) is 13.1. The Hall–Kier alpha value is -2.37. The molecule has 1 aliphatic heterocycles. The van der Waals surface area contributed by atoms with E-state index < -0.39 is 4.92 Å². The Balaban J connectivity index is 2.16. The second-order valence-electron chi connectivity index (χ2n) is 4.01. The molecule has 1 aromatic carbocycles. The number of carbonyl (C=O) groups is 1. The predicted molar refractivity (Wildman–Crippen MR) is 67.6 cm³/mol. The van der Waals surface area contributed by atoms with E-state index in [1.807, 2.05) is 12.2 Å².